The van der Waals surface area contributed by atoms with E-state index in [0.29, 0.717) is 12.5 Å². The summed E-state index contributed by atoms with van der Waals surface area (Å²) in [4.78, 5) is 11.9. The average molecular weight is 238 g/mol. The molecule has 0 aromatic heterocycles. The molecule has 0 aliphatic heterocycles. The topological polar surface area (TPSA) is 55.1 Å². The molecule has 1 amide bonds. The lowest BCUT2D eigenvalue weighted by Crippen LogP contribution is -2.51. The lowest BCUT2D eigenvalue weighted by molar-refractivity contribution is -0.124. The summed E-state index contributed by atoms with van der Waals surface area (Å²) < 4.78 is 0. The summed E-state index contributed by atoms with van der Waals surface area (Å²) in [6.45, 7) is 4.60. The van der Waals surface area contributed by atoms with E-state index in [2.05, 4.69) is 19.2 Å². The van der Waals surface area contributed by atoms with Gasteiger partial charge in [-0.25, -0.2) is 0 Å². The Morgan fingerprint density at radius 1 is 1.29 bits per heavy atom. The average Bonchev–Trinajstić information content (AvgIpc) is 2.21. The molecule has 0 bridgehead atoms. The van der Waals surface area contributed by atoms with E-state index in [0.717, 1.165) is 37.5 Å². The molecule has 0 aromatic rings. The minimum Gasteiger partial charge on any atom is -0.353 e. The number of carbonyl (C=O) groups is 1. The molecule has 3 heteroatoms. The highest BCUT2D eigenvalue weighted by atomic mass is 16.1. The normalized spacial score (nSPS) is 36.1. The lowest BCUT2D eigenvalue weighted by atomic mass is 9.75. The van der Waals surface area contributed by atoms with Gasteiger partial charge in [0.2, 0.25) is 5.91 Å². The minimum absolute atomic E-state index is 0.166. The minimum atomic E-state index is -0.183. The molecule has 2 aliphatic carbocycles. The van der Waals surface area contributed by atoms with Gasteiger partial charge in [0.15, 0.2) is 0 Å². The van der Waals surface area contributed by atoms with E-state index in [-0.39, 0.29) is 11.4 Å². The Kier molecular flexibility index (Phi) is 3.76. The summed E-state index contributed by atoms with van der Waals surface area (Å²) in [7, 11) is 0. The summed E-state index contributed by atoms with van der Waals surface area (Å²) in [5, 5.41) is 3.18. The molecule has 17 heavy (non-hydrogen) atoms. The second kappa shape index (κ2) is 4.97. The van der Waals surface area contributed by atoms with Crippen LogP contribution in [0.2, 0.25) is 0 Å². The lowest BCUT2D eigenvalue weighted by Gasteiger charge is -2.38. The van der Waals surface area contributed by atoms with E-state index < -0.39 is 0 Å². The number of rotatable bonds is 3. The van der Waals surface area contributed by atoms with Crippen LogP contribution >= 0.6 is 0 Å². The molecule has 0 saturated heterocycles. The molecule has 2 aliphatic rings. The molecule has 0 spiro atoms. The Morgan fingerprint density at radius 3 is 2.53 bits per heavy atom. The van der Waals surface area contributed by atoms with Gasteiger partial charge in [0.25, 0.3) is 0 Å². The maximum atomic E-state index is 11.9. The van der Waals surface area contributed by atoms with Crippen molar-refractivity contribution in [2.75, 3.05) is 0 Å². The van der Waals surface area contributed by atoms with Crippen LogP contribution in [-0.4, -0.2) is 17.5 Å². The Hall–Kier alpha value is -0.570. The highest BCUT2D eigenvalue weighted by molar-refractivity contribution is 5.77. The third kappa shape index (κ3) is 3.21. The van der Waals surface area contributed by atoms with Crippen LogP contribution in [0.4, 0.5) is 0 Å². The van der Waals surface area contributed by atoms with Gasteiger partial charge in [-0.3, -0.25) is 4.79 Å². The number of amides is 1. The number of nitrogens with one attached hydrogen (secondary N) is 1. The van der Waals surface area contributed by atoms with Gasteiger partial charge in [-0.2, -0.15) is 0 Å². The summed E-state index contributed by atoms with van der Waals surface area (Å²) >= 11 is 0. The van der Waals surface area contributed by atoms with Gasteiger partial charge in [0, 0.05) is 18.0 Å². The fraction of sp³-hybridized carbons (Fsp3) is 0.929. The van der Waals surface area contributed by atoms with Gasteiger partial charge in [-0.1, -0.05) is 13.8 Å². The molecule has 2 saturated carbocycles. The number of hydrogen-bond acceptors (Lipinski definition) is 2. The largest absolute Gasteiger partial charge is 0.353 e. The first-order valence-corrected chi connectivity index (χ1v) is 7.07. The van der Waals surface area contributed by atoms with Crippen molar-refractivity contribution in [3.63, 3.8) is 0 Å². The van der Waals surface area contributed by atoms with Crippen molar-refractivity contribution in [3.8, 4) is 0 Å². The molecule has 3 N–H and O–H groups in total. The van der Waals surface area contributed by atoms with E-state index in [1.54, 1.807) is 0 Å². The predicted octanol–water partition coefficient (Wildman–Crippen LogP) is 2.20. The van der Waals surface area contributed by atoms with Gasteiger partial charge in [0.1, 0.15) is 0 Å². The summed E-state index contributed by atoms with van der Waals surface area (Å²) in [6.07, 6.45) is 7.23. The predicted molar refractivity (Wildman–Crippen MR) is 69.5 cm³/mol. The number of carbonyl (C=O) groups excluding carboxylic acids is 1. The van der Waals surface area contributed by atoms with Gasteiger partial charge in [0.05, 0.1) is 0 Å². The fourth-order valence-electron chi connectivity index (χ4n) is 3.08. The second-order valence-electron chi connectivity index (χ2n) is 6.42. The van der Waals surface area contributed by atoms with E-state index in [4.69, 9.17) is 5.73 Å². The van der Waals surface area contributed by atoms with Crippen molar-refractivity contribution in [1.29, 1.82) is 0 Å². The van der Waals surface area contributed by atoms with Crippen LogP contribution in [0.25, 0.3) is 0 Å². The van der Waals surface area contributed by atoms with Gasteiger partial charge in [-0.15, -0.1) is 0 Å². The van der Waals surface area contributed by atoms with Crippen molar-refractivity contribution >= 4 is 5.91 Å². The van der Waals surface area contributed by atoms with E-state index in [1.165, 1.54) is 12.8 Å². The van der Waals surface area contributed by atoms with Crippen LogP contribution in [0.15, 0.2) is 0 Å². The first-order chi connectivity index (χ1) is 7.98. The molecule has 2 fully saturated rings. The van der Waals surface area contributed by atoms with Crippen molar-refractivity contribution in [2.45, 2.75) is 70.4 Å². The highest BCUT2D eigenvalue weighted by Crippen LogP contribution is 2.33. The Morgan fingerprint density at radius 2 is 2.00 bits per heavy atom. The molecule has 0 radical (unpaired) electrons. The van der Waals surface area contributed by atoms with Crippen LogP contribution < -0.4 is 11.1 Å². The smallest absolute Gasteiger partial charge is 0.222 e. The SMILES string of the molecule is CC1CCC(NC(=O)CC2(N)CCC2)CC1C. The van der Waals surface area contributed by atoms with Gasteiger partial charge in [-0.05, 0) is 50.4 Å². The number of nitrogens with two attached hydrogens (primary N) is 1. The van der Waals surface area contributed by atoms with Crippen LogP contribution in [-0.2, 0) is 4.79 Å². The zero-order valence-corrected chi connectivity index (χ0v) is 11.2. The van der Waals surface area contributed by atoms with Crippen LogP contribution in [0, 0.1) is 11.8 Å². The van der Waals surface area contributed by atoms with Crippen LogP contribution in [0.1, 0.15) is 58.8 Å². The standard InChI is InChI=1S/C14H26N2O/c1-10-4-5-12(8-11(10)2)16-13(17)9-14(15)6-3-7-14/h10-12H,3-9,15H2,1-2H3,(H,16,17). The molecule has 98 valence electrons. The third-order valence-electron chi connectivity index (χ3n) is 4.83. The Bertz CT molecular complexity index is 286. The molecule has 3 atom stereocenters. The fourth-order valence-corrected chi connectivity index (χ4v) is 3.08. The highest BCUT2D eigenvalue weighted by Gasteiger charge is 2.35. The van der Waals surface area contributed by atoms with E-state index >= 15 is 0 Å². The Labute approximate surface area is 105 Å². The monoisotopic (exact) mass is 238 g/mol. The second-order valence-corrected chi connectivity index (χ2v) is 6.42. The van der Waals surface area contributed by atoms with Crippen LogP contribution in [0.5, 0.6) is 0 Å². The van der Waals surface area contributed by atoms with Gasteiger partial charge < -0.3 is 11.1 Å². The zero-order valence-electron chi connectivity index (χ0n) is 11.2. The molecule has 0 aromatic carbocycles. The maximum absolute atomic E-state index is 11.9. The van der Waals surface area contributed by atoms with Gasteiger partial charge >= 0.3 is 0 Å². The molecule has 3 unspecified atom stereocenters. The zero-order chi connectivity index (χ0) is 12.5. The first-order valence-electron chi connectivity index (χ1n) is 7.07. The Balaban J connectivity index is 1.75. The quantitative estimate of drug-likeness (QED) is 0.792. The summed E-state index contributed by atoms with van der Waals surface area (Å²) in [5.41, 5.74) is 5.91. The summed E-state index contributed by atoms with van der Waals surface area (Å²) in [6, 6.07) is 0.386. The molecular formula is C14H26N2O. The maximum Gasteiger partial charge on any atom is 0.222 e. The summed E-state index contributed by atoms with van der Waals surface area (Å²) in [5.74, 6) is 1.69. The van der Waals surface area contributed by atoms with E-state index in [1.807, 2.05) is 0 Å². The molecule has 0 heterocycles. The first kappa shape index (κ1) is 12.9. The van der Waals surface area contributed by atoms with E-state index in [9.17, 15) is 4.79 Å². The molecule has 2 rings (SSSR count). The van der Waals surface area contributed by atoms with Crippen molar-refractivity contribution in [1.82, 2.24) is 5.32 Å². The van der Waals surface area contributed by atoms with Crippen molar-refractivity contribution in [2.24, 2.45) is 17.6 Å². The number of hydrogen-bond donors (Lipinski definition) is 2. The molecular weight excluding hydrogens is 212 g/mol. The van der Waals surface area contributed by atoms with Crippen molar-refractivity contribution in [3.05, 3.63) is 0 Å². The third-order valence-corrected chi connectivity index (χ3v) is 4.83. The van der Waals surface area contributed by atoms with Crippen LogP contribution in [0.3, 0.4) is 0 Å². The van der Waals surface area contributed by atoms with Crippen molar-refractivity contribution < 1.29 is 4.79 Å². The molecule has 3 nitrogen and oxygen atoms in total.